The van der Waals surface area contributed by atoms with Gasteiger partial charge in [0.2, 0.25) is 0 Å². The highest BCUT2D eigenvalue weighted by Gasteiger charge is 2.27. The van der Waals surface area contributed by atoms with Crippen molar-refractivity contribution in [2.75, 3.05) is 20.3 Å². The van der Waals surface area contributed by atoms with E-state index in [1.54, 1.807) is 18.3 Å². The first-order valence-corrected chi connectivity index (χ1v) is 5.51. The SMILES string of the molecule is COCCNC(=O)c1c(-c2cccnc2)no[n+]1[O-].Cl. The Bertz CT molecular complexity index is 561. The van der Waals surface area contributed by atoms with Crippen LogP contribution in [0.1, 0.15) is 10.5 Å². The summed E-state index contributed by atoms with van der Waals surface area (Å²) in [4.78, 5) is 15.9. The number of aromatic nitrogens is 3. The van der Waals surface area contributed by atoms with Crippen molar-refractivity contribution in [1.29, 1.82) is 0 Å². The molecule has 1 amide bonds. The van der Waals surface area contributed by atoms with Crippen LogP contribution >= 0.6 is 12.4 Å². The van der Waals surface area contributed by atoms with Gasteiger partial charge in [-0.25, -0.2) is 0 Å². The molecule has 1 N–H and O–H groups in total. The Hall–Kier alpha value is -2.19. The van der Waals surface area contributed by atoms with E-state index >= 15 is 0 Å². The summed E-state index contributed by atoms with van der Waals surface area (Å²) in [6, 6.07) is 3.35. The zero-order chi connectivity index (χ0) is 13.7. The summed E-state index contributed by atoms with van der Waals surface area (Å²) in [5.41, 5.74) is 0.472. The zero-order valence-electron chi connectivity index (χ0n) is 10.6. The highest BCUT2D eigenvalue weighted by molar-refractivity contribution is 5.96. The minimum Gasteiger partial charge on any atom is -0.383 e. The molecule has 0 radical (unpaired) electrons. The van der Waals surface area contributed by atoms with Crippen molar-refractivity contribution in [2.24, 2.45) is 0 Å². The molecule has 9 heteroatoms. The third-order valence-corrected chi connectivity index (χ3v) is 2.35. The molecule has 0 atom stereocenters. The number of nitrogens with one attached hydrogen (secondary N) is 1. The fraction of sp³-hybridized carbons (Fsp3) is 0.273. The molecule has 2 aromatic heterocycles. The monoisotopic (exact) mass is 300 g/mol. The normalized spacial score (nSPS) is 9.85. The number of pyridine rings is 1. The summed E-state index contributed by atoms with van der Waals surface area (Å²) in [6.45, 7) is 0.630. The van der Waals surface area contributed by atoms with Gasteiger partial charge in [0.25, 0.3) is 17.3 Å². The Morgan fingerprint density at radius 3 is 3.05 bits per heavy atom. The Kier molecular flexibility index (Phi) is 5.88. The van der Waals surface area contributed by atoms with Crippen molar-refractivity contribution >= 4 is 18.3 Å². The zero-order valence-corrected chi connectivity index (χ0v) is 11.4. The highest BCUT2D eigenvalue weighted by atomic mass is 35.5. The fourth-order valence-corrected chi connectivity index (χ4v) is 1.48. The highest BCUT2D eigenvalue weighted by Crippen LogP contribution is 2.17. The molecule has 0 aliphatic carbocycles. The van der Waals surface area contributed by atoms with E-state index in [4.69, 9.17) is 4.74 Å². The third kappa shape index (κ3) is 3.43. The van der Waals surface area contributed by atoms with E-state index in [9.17, 15) is 10.0 Å². The van der Waals surface area contributed by atoms with Crippen molar-refractivity contribution < 1.29 is 19.1 Å². The Morgan fingerprint density at radius 1 is 1.60 bits per heavy atom. The first kappa shape index (κ1) is 15.9. The van der Waals surface area contributed by atoms with Crippen LogP contribution in [0.25, 0.3) is 11.3 Å². The van der Waals surface area contributed by atoms with E-state index in [0.29, 0.717) is 12.2 Å². The molecule has 0 aliphatic rings. The van der Waals surface area contributed by atoms with Gasteiger partial charge < -0.3 is 15.3 Å². The number of amides is 1. The van der Waals surface area contributed by atoms with Crippen LogP contribution in [0, 0.1) is 5.21 Å². The van der Waals surface area contributed by atoms with Crippen LogP contribution in [0.15, 0.2) is 29.2 Å². The third-order valence-electron chi connectivity index (χ3n) is 2.35. The van der Waals surface area contributed by atoms with Gasteiger partial charge in [-0.2, -0.15) is 0 Å². The quantitative estimate of drug-likeness (QED) is 0.623. The molecular weight excluding hydrogens is 288 g/mol. The Labute approximate surface area is 120 Å². The second-order valence-corrected chi connectivity index (χ2v) is 3.62. The van der Waals surface area contributed by atoms with Crippen LogP contribution in [-0.2, 0) is 4.74 Å². The molecule has 2 heterocycles. The van der Waals surface area contributed by atoms with Gasteiger partial charge in [-0.1, -0.05) is 0 Å². The second kappa shape index (κ2) is 7.41. The Balaban J connectivity index is 0.00000200. The number of ether oxygens (including phenoxy) is 1. The van der Waals surface area contributed by atoms with Crippen molar-refractivity contribution in [3.05, 3.63) is 35.4 Å². The molecule has 0 saturated heterocycles. The van der Waals surface area contributed by atoms with E-state index < -0.39 is 5.91 Å². The summed E-state index contributed by atoms with van der Waals surface area (Å²) in [5, 5.41) is 17.6. The van der Waals surface area contributed by atoms with E-state index in [2.05, 4.69) is 20.1 Å². The number of hydrogen-bond donors (Lipinski definition) is 1. The lowest BCUT2D eigenvalue weighted by molar-refractivity contribution is -0.803. The van der Waals surface area contributed by atoms with Crippen molar-refractivity contribution in [3.63, 3.8) is 0 Å². The van der Waals surface area contributed by atoms with Gasteiger partial charge in [0.15, 0.2) is 0 Å². The van der Waals surface area contributed by atoms with Crippen LogP contribution in [-0.4, -0.2) is 36.3 Å². The number of halogens is 1. The van der Waals surface area contributed by atoms with Gasteiger partial charge in [0, 0.05) is 31.2 Å². The molecule has 0 saturated carbocycles. The number of carbonyl (C=O) groups is 1. The Morgan fingerprint density at radius 2 is 2.40 bits per heavy atom. The number of nitrogens with zero attached hydrogens (tertiary/aromatic N) is 3. The maximum absolute atomic E-state index is 11.9. The van der Waals surface area contributed by atoms with Crippen LogP contribution in [0.3, 0.4) is 0 Å². The molecule has 2 rings (SSSR count). The van der Waals surface area contributed by atoms with Crippen LogP contribution in [0.4, 0.5) is 0 Å². The van der Waals surface area contributed by atoms with Crippen LogP contribution in [0.2, 0.25) is 0 Å². The standard InChI is InChI=1S/C11H12N4O4.ClH/c1-18-6-5-13-11(16)10-9(14-19-15(10)17)8-3-2-4-12-7-8;/h2-4,7H,5-6H2,1H3,(H,13,16);1H. The summed E-state index contributed by atoms with van der Waals surface area (Å²) in [5.74, 6) is -0.577. The smallest absolute Gasteiger partial charge is 0.300 e. The molecule has 0 aliphatic heterocycles. The molecule has 0 spiro atoms. The van der Waals surface area contributed by atoms with Gasteiger partial charge in [0.05, 0.1) is 12.2 Å². The average molecular weight is 301 g/mol. The lowest BCUT2D eigenvalue weighted by Gasteiger charge is -2.02. The molecular formula is C11H13ClN4O4. The van der Waals surface area contributed by atoms with Crippen molar-refractivity contribution in [3.8, 4) is 11.3 Å². The van der Waals surface area contributed by atoms with E-state index in [1.165, 1.54) is 13.3 Å². The number of hydrogen-bond acceptors (Lipinski definition) is 6. The van der Waals surface area contributed by atoms with Gasteiger partial charge in [0.1, 0.15) is 0 Å². The van der Waals surface area contributed by atoms with Gasteiger partial charge in [-0.05, 0) is 17.0 Å². The predicted molar refractivity (Wildman–Crippen MR) is 70.2 cm³/mol. The molecule has 0 aromatic carbocycles. The molecule has 0 bridgehead atoms. The van der Waals surface area contributed by atoms with Crippen molar-refractivity contribution in [1.82, 2.24) is 15.5 Å². The van der Waals surface area contributed by atoms with E-state index in [0.717, 1.165) is 0 Å². The molecule has 20 heavy (non-hydrogen) atoms. The van der Waals surface area contributed by atoms with Crippen molar-refractivity contribution in [2.45, 2.75) is 0 Å². The molecule has 8 nitrogen and oxygen atoms in total. The fourth-order valence-electron chi connectivity index (χ4n) is 1.48. The minimum atomic E-state index is -0.577. The van der Waals surface area contributed by atoms with Gasteiger partial charge in [-0.15, -0.1) is 12.4 Å². The van der Waals surface area contributed by atoms with Crippen LogP contribution < -0.4 is 10.2 Å². The lowest BCUT2D eigenvalue weighted by atomic mass is 10.1. The predicted octanol–water partition coefficient (Wildman–Crippen LogP) is 0.168. The minimum absolute atomic E-state index is 0. The number of rotatable bonds is 5. The first-order chi connectivity index (χ1) is 9.24. The van der Waals surface area contributed by atoms with E-state index in [-0.39, 0.29) is 35.2 Å². The first-order valence-electron chi connectivity index (χ1n) is 5.51. The van der Waals surface area contributed by atoms with Gasteiger partial charge in [-0.3, -0.25) is 14.4 Å². The maximum Gasteiger partial charge on any atom is 0.300 e. The van der Waals surface area contributed by atoms with E-state index in [1.807, 2.05) is 0 Å². The summed E-state index contributed by atoms with van der Waals surface area (Å²) < 4.78 is 9.27. The summed E-state index contributed by atoms with van der Waals surface area (Å²) >= 11 is 0. The number of carbonyl (C=O) groups excluding carboxylic acids is 1. The molecule has 0 unspecified atom stereocenters. The average Bonchev–Trinajstić information content (AvgIpc) is 2.82. The largest absolute Gasteiger partial charge is 0.383 e. The topological polar surface area (TPSA) is 104 Å². The molecule has 108 valence electrons. The maximum atomic E-state index is 11.9. The summed E-state index contributed by atoms with van der Waals surface area (Å²) in [6.07, 6.45) is 3.07. The number of methoxy groups -OCH3 is 1. The second-order valence-electron chi connectivity index (χ2n) is 3.62. The summed E-state index contributed by atoms with van der Waals surface area (Å²) in [7, 11) is 1.51. The lowest BCUT2D eigenvalue weighted by Crippen LogP contribution is -2.38. The van der Waals surface area contributed by atoms with Crippen LogP contribution in [0.5, 0.6) is 0 Å². The molecule has 0 fully saturated rings. The molecule has 2 aromatic rings. The van der Waals surface area contributed by atoms with Gasteiger partial charge >= 0.3 is 0 Å².